The van der Waals surface area contributed by atoms with Crippen LogP contribution in [-0.2, 0) is 21.4 Å². The van der Waals surface area contributed by atoms with E-state index in [1.54, 1.807) is 0 Å². The van der Waals surface area contributed by atoms with Crippen molar-refractivity contribution in [1.29, 1.82) is 0 Å². The van der Waals surface area contributed by atoms with Crippen LogP contribution < -0.4 is 4.74 Å². The van der Waals surface area contributed by atoms with Crippen LogP contribution in [0.3, 0.4) is 0 Å². The maximum Gasteiger partial charge on any atom is 0.314 e. The van der Waals surface area contributed by atoms with Crippen LogP contribution in [-0.4, -0.2) is 30.4 Å². The number of carbonyl (C=O) groups is 1. The summed E-state index contributed by atoms with van der Waals surface area (Å²) in [4.78, 5) is 11.6. The molecule has 0 bridgehead atoms. The zero-order valence-electron chi connectivity index (χ0n) is 11.7. The average molecular weight is 276 g/mol. The molecule has 3 rings (SSSR count). The highest BCUT2D eigenvalue weighted by Gasteiger charge is 2.53. The molecule has 0 amide bonds. The second-order valence-corrected chi connectivity index (χ2v) is 5.67. The molecule has 1 saturated heterocycles. The van der Waals surface area contributed by atoms with E-state index in [1.165, 1.54) is 0 Å². The Labute approximate surface area is 118 Å². The largest absolute Gasteiger partial charge is 0.488 e. The number of aliphatic carboxylic acids is 1. The molecule has 4 nitrogen and oxygen atoms in total. The summed E-state index contributed by atoms with van der Waals surface area (Å²) < 4.78 is 11.3. The van der Waals surface area contributed by atoms with Crippen molar-refractivity contribution in [2.45, 2.75) is 44.1 Å². The van der Waals surface area contributed by atoms with Crippen LogP contribution in [0.25, 0.3) is 0 Å². The number of carboxylic acids is 1. The third-order valence-corrected chi connectivity index (χ3v) is 4.31. The predicted molar refractivity (Wildman–Crippen MR) is 74.2 cm³/mol. The fourth-order valence-corrected chi connectivity index (χ4v) is 2.78. The molecule has 4 heteroatoms. The molecule has 1 N–H and O–H groups in total. The Morgan fingerprint density at radius 1 is 1.50 bits per heavy atom. The fraction of sp³-hybridized carbons (Fsp3) is 0.562. The van der Waals surface area contributed by atoms with Gasteiger partial charge < -0.3 is 14.6 Å². The molecule has 1 aliphatic heterocycles. The maximum absolute atomic E-state index is 11.6. The van der Waals surface area contributed by atoms with Crippen LogP contribution in [0, 0.1) is 0 Å². The Bertz CT molecular complexity index is 513. The standard InChI is InChI=1S/C16H20O4/c1-2-11-3-4-14(20-12-5-8-19-10-12)13(9-11)16(6-7-16)15(17)18/h3-4,9,12H,2,5-8,10H2,1H3,(H,17,18). The van der Waals surface area contributed by atoms with Gasteiger partial charge in [-0.05, 0) is 30.9 Å². The first-order valence-electron chi connectivity index (χ1n) is 7.27. The Kier molecular flexibility index (Phi) is 3.42. The minimum Gasteiger partial charge on any atom is -0.488 e. The molecule has 1 saturated carbocycles. The average Bonchev–Trinajstić information content (AvgIpc) is 3.11. The lowest BCUT2D eigenvalue weighted by Gasteiger charge is -2.20. The SMILES string of the molecule is CCc1ccc(OC2CCOC2)c(C2(C(=O)O)CC2)c1. The van der Waals surface area contributed by atoms with E-state index in [4.69, 9.17) is 9.47 Å². The number of rotatable bonds is 5. The van der Waals surface area contributed by atoms with E-state index in [1.807, 2.05) is 18.2 Å². The molecule has 2 fully saturated rings. The molecule has 1 aromatic rings. The molecule has 108 valence electrons. The van der Waals surface area contributed by atoms with E-state index in [0.717, 1.165) is 36.3 Å². The molecular weight excluding hydrogens is 256 g/mol. The number of carboxylic acid groups (broad SMARTS) is 1. The van der Waals surface area contributed by atoms with E-state index in [-0.39, 0.29) is 6.10 Å². The molecule has 1 aliphatic carbocycles. The third kappa shape index (κ3) is 2.29. The van der Waals surface area contributed by atoms with Crippen molar-refractivity contribution < 1.29 is 19.4 Å². The van der Waals surface area contributed by atoms with E-state index in [9.17, 15) is 9.90 Å². The first kappa shape index (κ1) is 13.4. The fourth-order valence-electron chi connectivity index (χ4n) is 2.78. The van der Waals surface area contributed by atoms with Crippen molar-refractivity contribution in [2.75, 3.05) is 13.2 Å². The van der Waals surface area contributed by atoms with Gasteiger partial charge >= 0.3 is 5.97 Å². The summed E-state index contributed by atoms with van der Waals surface area (Å²) in [5.74, 6) is -0.0177. The summed E-state index contributed by atoms with van der Waals surface area (Å²) in [6.45, 7) is 3.39. The lowest BCUT2D eigenvalue weighted by atomic mass is 9.93. The second-order valence-electron chi connectivity index (χ2n) is 5.67. The molecule has 1 aromatic carbocycles. The Hall–Kier alpha value is -1.55. The zero-order chi connectivity index (χ0) is 14.2. The smallest absolute Gasteiger partial charge is 0.314 e. The minimum absolute atomic E-state index is 0.0471. The van der Waals surface area contributed by atoms with E-state index in [2.05, 4.69) is 6.92 Å². The molecule has 1 heterocycles. The summed E-state index contributed by atoms with van der Waals surface area (Å²) >= 11 is 0. The second kappa shape index (κ2) is 5.09. The molecule has 2 aliphatic rings. The van der Waals surface area contributed by atoms with Crippen LogP contribution in [0.15, 0.2) is 18.2 Å². The molecule has 0 aromatic heterocycles. The van der Waals surface area contributed by atoms with Crippen molar-refractivity contribution in [3.63, 3.8) is 0 Å². The highest BCUT2D eigenvalue weighted by molar-refractivity contribution is 5.86. The summed E-state index contributed by atoms with van der Waals surface area (Å²) in [6.07, 6.45) is 3.22. The van der Waals surface area contributed by atoms with Crippen LogP contribution >= 0.6 is 0 Å². The number of benzene rings is 1. The van der Waals surface area contributed by atoms with Crippen LogP contribution in [0.5, 0.6) is 5.75 Å². The van der Waals surface area contributed by atoms with Gasteiger partial charge in [0.15, 0.2) is 0 Å². The zero-order valence-corrected chi connectivity index (χ0v) is 11.7. The summed E-state index contributed by atoms with van der Waals surface area (Å²) in [5, 5.41) is 9.53. The lowest BCUT2D eigenvalue weighted by Crippen LogP contribution is -2.23. The van der Waals surface area contributed by atoms with Gasteiger partial charge in [0.1, 0.15) is 11.9 Å². The van der Waals surface area contributed by atoms with Crippen LogP contribution in [0.1, 0.15) is 37.3 Å². The quantitative estimate of drug-likeness (QED) is 0.898. The van der Waals surface area contributed by atoms with Crippen molar-refractivity contribution >= 4 is 5.97 Å². The van der Waals surface area contributed by atoms with E-state index >= 15 is 0 Å². The van der Waals surface area contributed by atoms with Crippen molar-refractivity contribution in [3.8, 4) is 5.75 Å². The number of hydrogen-bond donors (Lipinski definition) is 1. The third-order valence-electron chi connectivity index (χ3n) is 4.31. The van der Waals surface area contributed by atoms with Crippen LogP contribution in [0.2, 0.25) is 0 Å². The van der Waals surface area contributed by atoms with Gasteiger partial charge in [-0.15, -0.1) is 0 Å². The van der Waals surface area contributed by atoms with Gasteiger partial charge in [-0.25, -0.2) is 0 Å². The van der Waals surface area contributed by atoms with Gasteiger partial charge in [-0.2, -0.15) is 0 Å². The minimum atomic E-state index is -0.738. The van der Waals surface area contributed by atoms with Gasteiger partial charge in [0.2, 0.25) is 0 Å². The normalized spacial score (nSPS) is 23.6. The Morgan fingerprint density at radius 2 is 2.30 bits per heavy atom. The summed E-state index contributed by atoms with van der Waals surface area (Å²) in [7, 11) is 0. The topological polar surface area (TPSA) is 55.8 Å². The summed E-state index contributed by atoms with van der Waals surface area (Å²) in [5.41, 5.74) is 1.28. The van der Waals surface area contributed by atoms with Crippen molar-refractivity contribution in [1.82, 2.24) is 0 Å². The van der Waals surface area contributed by atoms with Gasteiger partial charge in [-0.3, -0.25) is 4.79 Å². The monoisotopic (exact) mass is 276 g/mol. The number of ether oxygens (including phenoxy) is 2. The summed E-state index contributed by atoms with van der Waals surface area (Å²) in [6, 6.07) is 5.95. The first-order chi connectivity index (χ1) is 9.65. The number of aryl methyl sites for hydroxylation is 1. The van der Waals surface area contributed by atoms with Crippen molar-refractivity contribution in [2.24, 2.45) is 0 Å². The number of hydrogen-bond acceptors (Lipinski definition) is 3. The molecule has 20 heavy (non-hydrogen) atoms. The van der Waals surface area contributed by atoms with Gasteiger partial charge in [0, 0.05) is 12.0 Å². The molecule has 1 unspecified atom stereocenters. The van der Waals surface area contributed by atoms with Gasteiger partial charge in [-0.1, -0.05) is 19.1 Å². The predicted octanol–water partition coefficient (Wildman–Crippen LogP) is 2.53. The van der Waals surface area contributed by atoms with Gasteiger partial charge in [0.05, 0.1) is 18.6 Å². The molecule has 0 radical (unpaired) electrons. The molecule has 1 atom stereocenters. The Balaban J connectivity index is 1.94. The van der Waals surface area contributed by atoms with E-state index < -0.39 is 11.4 Å². The molecular formula is C16H20O4. The highest BCUT2D eigenvalue weighted by atomic mass is 16.5. The maximum atomic E-state index is 11.6. The highest BCUT2D eigenvalue weighted by Crippen LogP contribution is 2.52. The lowest BCUT2D eigenvalue weighted by molar-refractivity contribution is -0.140. The van der Waals surface area contributed by atoms with Crippen molar-refractivity contribution in [3.05, 3.63) is 29.3 Å². The first-order valence-corrected chi connectivity index (χ1v) is 7.27. The van der Waals surface area contributed by atoms with Gasteiger partial charge in [0.25, 0.3) is 0 Å². The molecule has 0 spiro atoms. The van der Waals surface area contributed by atoms with E-state index in [0.29, 0.717) is 19.4 Å². The Morgan fingerprint density at radius 3 is 2.85 bits per heavy atom. The van der Waals surface area contributed by atoms with Crippen LogP contribution in [0.4, 0.5) is 0 Å².